The van der Waals surface area contributed by atoms with Gasteiger partial charge in [-0.05, 0) is 19.2 Å². The molecule has 3 heteroatoms. The predicted octanol–water partition coefficient (Wildman–Crippen LogP) is 0.416. The van der Waals surface area contributed by atoms with Crippen LogP contribution in [0.3, 0.4) is 0 Å². The van der Waals surface area contributed by atoms with E-state index in [1.54, 1.807) is 0 Å². The molecule has 1 N–H and O–H groups in total. The van der Waals surface area contributed by atoms with E-state index < -0.39 is 0 Å². The summed E-state index contributed by atoms with van der Waals surface area (Å²) in [5.74, 6) is 0. The molecule has 0 radical (unpaired) electrons. The molecular weight excluding hydrogens is 146 g/mol. The topological polar surface area (TPSA) is 23.5 Å². The Kier molecular flexibility index (Phi) is 3.52. The maximum absolute atomic E-state index is 8.64. The van der Waals surface area contributed by atoms with Crippen LogP contribution in [-0.2, 0) is 0 Å². The van der Waals surface area contributed by atoms with E-state index in [1.165, 1.54) is 19.5 Å². The average Bonchev–Trinajstić information content (AvgIpc) is 2.37. The maximum atomic E-state index is 8.64. The number of thioether (sulfide) groups is 1. The van der Waals surface area contributed by atoms with Crippen molar-refractivity contribution < 1.29 is 5.11 Å². The summed E-state index contributed by atoms with van der Waals surface area (Å²) in [6.45, 7) is 3.51. The number of aliphatic hydroxyl groups is 1. The molecule has 0 bridgehead atoms. The first-order valence-corrected chi connectivity index (χ1v) is 5.01. The smallest absolute Gasteiger partial charge is 0.0558 e. The lowest BCUT2D eigenvalue weighted by Crippen LogP contribution is -2.24. The minimum atomic E-state index is 0.307. The zero-order chi connectivity index (χ0) is 7.40. The lowest BCUT2D eigenvalue weighted by atomic mass is 10.4. The third-order valence-corrected chi connectivity index (χ3v) is 3.03. The number of nitrogens with zero attached hydrogens (tertiary/aromatic N) is 1. The van der Waals surface area contributed by atoms with E-state index in [0.717, 1.165) is 11.8 Å². The number of aliphatic hydroxyl groups excluding tert-OH is 1. The molecule has 0 saturated carbocycles. The monoisotopic (exact) mass is 161 g/mol. The van der Waals surface area contributed by atoms with Crippen molar-refractivity contribution in [1.82, 2.24) is 4.90 Å². The molecule has 0 spiro atoms. The first-order valence-electron chi connectivity index (χ1n) is 3.73. The molecule has 1 aliphatic heterocycles. The van der Waals surface area contributed by atoms with Crippen LogP contribution in [0.25, 0.3) is 0 Å². The molecule has 10 heavy (non-hydrogen) atoms. The molecule has 0 aromatic rings. The Hall–Kier alpha value is 0.270. The van der Waals surface area contributed by atoms with Gasteiger partial charge >= 0.3 is 0 Å². The summed E-state index contributed by atoms with van der Waals surface area (Å²) in [4.78, 5) is 2.32. The molecule has 0 aromatic carbocycles. The molecule has 1 aliphatic rings. The molecular formula is C7H15NOS. The van der Waals surface area contributed by atoms with Crippen LogP contribution < -0.4 is 0 Å². The summed E-state index contributed by atoms with van der Waals surface area (Å²) < 4.78 is 0. The van der Waals surface area contributed by atoms with Gasteiger partial charge in [0, 0.05) is 18.3 Å². The molecule has 0 amide bonds. The van der Waals surface area contributed by atoms with Crippen molar-refractivity contribution >= 4 is 11.8 Å². The van der Waals surface area contributed by atoms with Crippen LogP contribution in [0.4, 0.5) is 0 Å². The second-order valence-electron chi connectivity index (χ2n) is 2.67. The van der Waals surface area contributed by atoms with E-state index in [0.29, 0.717) is 6.61 Å². The van der Waals surface area contributed by atoms with Crippen molar-refractivity contribution in [2.75, 3.05) is 32.5 Å². The van der Waals surface area contributed by atoms with Gasteiger partial charge in [-0.2, -0.15) is 11.8 Å². The summed E-state index contributed by atoms with van der Waals surface area (Å²) in [7, 11) is 0. The number of hydrogen-bond donors (Lipinski definition) is 1. The van der Waals surface area contributed by atoms with E-state index in [9.17, 15) is 0 Å². The summed E-state index contributed by atoms with van der Waals surface area (Å²) in [6, 6.07) is 0. The summed E-state index contributed by atoms with van der Waals surface area (Å²) >= 11 is 1.94. The zero-order valence-corrected chi connectivity index (χ0v) is 7.23. The summed E-state index contributed by atoms with van der Waals surface area (Å²) in [6.07, 6.45) is 3.45. The molecule has 1 saturated heterocycles. The van der Waals surface area contributed by atoms with Crippen LogP contribution in [0.2, 0.25) is 0 Å². The van der Waals surface area contributed by atoms with Gasteiger partial charge in [-0.1, -0.05) is 0 Å². The van der Waals surface area contributed by atoms with Crippen LogP contribution in [0.15, 0.2) is 0 Å². The minimum Gasteiger partial charge on any atom is -0.395 e. The fourth-order valence-electron chi connectivity index (χ4n) is 1.33. The van der Waals surface area contributed by atoms with Gasteiger partial charge in [0.1, 0.15) is 0 Å². The predicted molar refractivity (Wildman–Crippen MR) is 45.4 cm³/mol. The maximum Gasteiger partial charge on any atom is 0.0558 e. The second-order valence-corrected chi connectivity index (χ2v) is 3.81. The van der Waals surface area contributed by atoms with Gasteiger partial charge in [0.15, 0.2) is 0 Å². The number of likely N-dealkylation sites (tertiary alicyclic amines) is 1. The third kappa shape index (κ3) is 2.15. The minimum absolute atomic E-state index is 0.307. The molecule has 60 valence electrons. The SMILES string of the molecule is CSC1CCN(CCO)C1. The van der Waals surface area contributed by atoms with E-state index in [1.807, 2.05) is 11.8 Å². The highest BCUT2D eigenvalue weighted by molar-refractivity contribution is 7.99. The highest BCUT2D eigenvalue weighted by Crippen LogP contribution is 2.19. The average molecular weight is 161 g/mol. The molecule has 1 rings (SSSR count). The van der Waals surface area contributed by atoms with Gasteiger partial charge in [0.05, 0.1) is 6.61 Å². The van der Waals surface area contributed by atoms with E-state index in [4.69, 9.17) is 5.11 Å². The van der Waals surface area contributed by atoms with Crippen LogP contribution >= 0.6 is 11.8 Å². The largest absolute Gasteiger partial charge is 0.395 e. The Labute approximate surface area is 66.6 Å². The van der Waals surface area contributed by atoms with Gasteiger partial charge in [-0.15, -0.1) is 0 Å². The van der Waals surface area contributed by atoms with E-state index in [2.05, 4.69) is 11.2 Å². The van der Waals surface area contributed by atoms with Gasteiger partial charge < -0.3 is 5.11 Å². The molecule has 1 fully saturated rings. The lowest BCUT2D eigenvalue weighted by Gasteiger charge is -2.12. The quantitative estimate of drug-likeness (QED) is 0.649. The normalized spacial score (nSPS) is 27.6. The zero-order valence-electron chi connectivity index (χ0n) is 6.42. The standard InChI is InChI=1S/C7H15NOS/c1-10-7-2-3-8(6-7)4-5-9/h7,9H,2-6H2,1H3. The van der Waals surface area contributed by atoms with Gasteiger partial charge in [-0.3, -0.25) is 4.90 Å². The Morgan fingerprint density at radius 1 is 1.70 bits per heavy atom. The van der Waals surface area contributed by atoms with Gasteiger partial charge in [-0.25, -0.2) is 0 Å². The van der Waals surface area contributed by atoms with Gasteiger partial charge in [0.25, 0.3) is 0 Å². The molecule has 1 atom stereocenters. The van der Waals surface area contributed by atoms with Crippen molar-refractivity contribution in [3.63, 3.8) is 0 Å². The number of rotatable bonds is 3. The van der Waals surface area contributed by atoms with E-state index >= 15 is 0 Å². The first kappa shape index (κ1) is 8.37. The third-order valence-electron chi connectivity index (χ3n) is 1.98. The summed E-state index contributed by atoms with van der Waals surface area (Å²) in [5, 5.41) is 9.45. The van der Waals surface area contributed by atoms with Crippen LogP contribution in [-0.4, -0.2) is 47.8 Å². The first-order chi connectivity index (χ1) is 4.86. The van der Waals surface area contributed by atoms with Crippen molar-refractivity contribution in [3.05, 3.63) is 0 Å². The second kappa shape index (κ2) is 4.21. The fourth-order valence-corrected chi connectivity index (χ4v) is 2.04. The molecule has 2 nitrogen and oxygen atoms in total. The van der Waals surface area contributed by atoms with Crippen molar-refractivity contribution in [2.45, 2.75) is 11.7 Å². The van der Waals surface area contributed by atoms with Crippen LogP contribution in [0.1, 0.15) is 6.42 Å². The molecule has 0 aromatic heterocycles. The number of β-amino-alcohol motifs (C(OH)–C–C–N with tert-alkyl or cyclic N) is 1. The molecule has 0 aliphatic carbocycles. The Morgan fingerprint density at radius 3 is 3.00 bits per heavy atom. The Morgan fingerprint density at radius 2 is 2.50 bits per heavy atom. The summed E-state index contributed by atoms with van der Waals surface area (Å²) in [5.41, 5.74) is 0. The van der Waals surface area contributed by atoms with Crippen LogP contribution in [0, 0.1) is 0 Å². The van der Waals surface area contributed by atoms with Crippen molar-refractivity contribution in [2.24, 2.45) is 0 Å². The van der Waals surface area contributed by atoms with Gasteiger partial charge in [0.2, 0.25) is 0 Å². The molecule has 1 unspecified atom stereocenters. The molecule has 1 heterocycles. The van der Waals surface area contributed by atoms with Crippen LogP contribution in [0.5, 0.6) is 0 Å². The lowest BCUT2D eigenvalue weighted by molar-refractivity contribution is 0.222. The Balaban J connectivity index is 2.15. The number of hydrogen-bond acceptors (Lipinski definition) is 3. The fraction of sp³-hybridized carbons (Fsp3) is 1.00. The van der Waals surface area contributed by atoms with Crippen molar-refractivity contribution in [1.29, 1.82) is 0 Å². The highest BCUT2D eigenvalue weighted by Gasteiger charge is 2.20. The highest BCUT2D eigenvalue weighted by atomic mass is 32.2. The Bertz CT molecular complexity index is 99.6. The van der Waals surface area contributed by atoms with Crippen molar-refractivity contribution in [3.8, 4) is 0 Å². The van der Waals surface area contributed by atoms with E-state index in [-0.39, 0.29) is 0 Å².